The van der Waals surface area contributed by atoms with Crippen LogP contribution in [0.2, 0.25) is 0 Å². The van der Waals surface area contributed by atoms with Gasteiger partial charge < -0.3 is 9.47 Å². The molecule has 0 spiro atoms. The van der Waals surface area contributed by atoms with Crippen molar-refractivity contribution >= 4 is 15.9 Å². The maximum Gasteiger partial charge on any atom is 0.110 e. The van der Waals surface area contributed by atoms with Crippen molar-refractivity contribution in [2.45, 2.75) is 31.2 Å². The Morgan fingerprint density at radius 1 is 1.47 bits per heavy atom. The summed E-state index contributed by atoms with van der Waals surface area (Å²) in [6.45, 7) is 2.90. The molecular weight excluding hydrogens is 256 g/mol. The van der Waals surface area contributed by atoms with E-state index in [9.17, 15) is 0 Å². The van der Waals surface area contributed by atoms with Gasteiger partial charge in [-0.1, -0.05) is 28.1 Å². The van der Waals surface area contributed by atoms with Crippen LogP contribution < -0.4 is 0 Å². The Morgan fingerprint density at radius 3 is 3.07 bits per heavy atom. The quantitative estimate of drug-likeness (QED) is 0.731. The molecule has 3 heteroatoms. The topological polar surface area (TPSA) is 21.8 Å². The Kier molecular flexibility index (Phi) is 2.16. The molecule has 2 nitrogen and oxygen atoms in total. The maximum absolute atomic E-state index is 5.79. The average Bonchev–Trinajstić information content (AvgIpc) is 2.88. The van der Waals surface area contributed by atoms with E-state index in [2.05, 4.69) is 35.0 Å². The van der Waals surface area contributed by atoms with Crippen LogP contribution in [0.25, 0.3) is 0 Å². The minimum absolute atomic E-state index is 0.0746. The summed E-state index contributed by atoms with van der Waals surface area (Å²) in [6, 6.07) is 8.31. The number of ether oxygens (including phenoxy) is 2. The lowest BCUT2D eigenvalue weighted by molar-refractivity contribution is 0.0181. The van der Waals surface area contributed by atoms with Gasteiger partial charge in [-0.3, -0.25) is 0 Å². The normalized spacial score (nSPS) is 38.5. The molecule has 3 rings (SSSR count). The second-order valence-electron chi connectivity index (χ2n) is 4.50. The highest BCUT2D eigenvalue weighted by Crippen LogP contribution is 2.48. The van der Waals surface area contributed by atoms with Gasteiger partial charge in [0.2, 0.25) is 0 Å². The predicted octanol–water partition coefficient (Wildman–Crippen LogP) is 3.07. The van der Waals surface area contributed by atoms with Gasteiger partial charge >= 0.3 is 0 Å². The summed E-state index contributed by atoms with van der Waals surface area (Å²) in [5, 5.41) is 0. The van der Waals surface area contributed by atoms with Gasteiger partial charge in [-0.25, -0.2) is 0 Å². The fraction of sp³-hybridized carbons (Fsp3) is 0.500. The highest BCUT2D eigenvalue weighted by Gasteiger charge is 2.56. The molecule has 15 heavy (non-hydrogen) atoms. The molecule has 80 valence electrons. The first-order valence-electron chi connectivity index (χ1n) is 5.22. The van der Waals surface area contributed by atoms with E-state index in [0.717, 1.165) is 17.5 Å². The van der Waals surface area contributed by atoms with Crippen LogP contribution in [-0.4, -0.2) is 18.3 Å². The van der Waals surface area contributed by atoms with E-state index >= 15 is 0 Å². The van der Waals surface area contributed by atoms with E-state index in [4.69, 9.17) is 9.47 Å². The van der Waals surface area contributed by atoms with Crippen molar-refractivity contribution in [3.05, 3.63) is 34.3 Å². The number of halogens is 1. The summed E-state index contributed by atoms with van der Waals surface area (Å²) >= 11 is 3.48. The standard InChI is InChI=1S/C12H13BrO2/c1-12-6-10(14-7-11(12)15-12)8-3-2-4-9(13)5-8/h2-5,10-11H,6-7H2,1H3. The molecule has 0 N–H and O–H groups in total. The zero-order chi connectivity index (χ0) is 10.5. The number of hydrogen-bond donors (Lipinski definition) is 0. The third-order valence-corrected chi connectivity index (χ3v) is 3.79. The second kappa shape index (κ2) is 3.30. The van der Waals surface area contributed by atoms with E-state index in [1.165, 1.54) is 5.56 Å². The van der Waals surface area contributed by atoms with E-state index < -0.39 is 0 Å². The molecule has 1 aromatic rings. The molecular formula is C12H13BrO2. The fourth-order valence-corrected chi connectivity index (χ4v) is 2.65. The minimum atomic E-state index is 0.0746. The summed E-state index contributed by atoms with van der Waals surface area (Å²) in [5.41, 5.74) is 1.31. The van der Waals surface area contributed by atoms with Crippen molar-refractivity contribution < 1.29 is 9.47 Å². The molecule has 0 bridgehead atoms. The monoisotopic (exact) mass is 268 g/mol. The van der Waals surface area contributed by atoms with Crippen LogP contribution in [0.1, 0.15) is 25.0 Å². The first-order chi connectivity index (χ1) is 7.17. The summed E-state index contributed by atoms with van der Waals surface area (Å²) in [7, 11) is 0. The molecule has 0 aliphatic carbocycles. The smallest absolute Gasteiger partial charge is 0.110 e. The molecule has 0 radical (unpaired) electrons. The van der Waals surface area contributed by atoms with Gasteiger partial charge in [0, 0.05) is 10.9 Å². The highest BCUT2D eigenvalue weighted by atomic mass is 79.9. The molecule has 2 aliphatic heterocycles. The predicted molar refractivity (Wildman–Crippen MR) is 60.7 cm³/mol. The largest absolute Gasteiger partial charge is 0.371 e. The number of fused-ring (bicyclic) bond motifs is 1. The lowest BCUT2D eigenvalue weighted by Crippen LogP contribution is -2.26. The van der Waals surface area contributed by atoms with Crippen LogP contribution >= 0.6 is 15.9 Å². The van der Waals surface area contributed by atoms with Gasteiger partial charge in [-0.15, -0.1) is 0 Å². The third kappa shape index (κ3) is 1.73. The fourth-order valence-electron chi connectivity index (χ4n) is 2.23. The van der Waals surface area contributed by atoms with Crippen molar-refractivity contribution in [1.82, 2.24) is 0 Å². The Bertz CT molecular complexity index is 393. The Hall–Kier alpha value is -0.380. The van der Waals surface area contributed by atoms with E-state index in [-0.39, 0.29) is 11.7 Å². The van der Waals surface area contributed by atoms with Gasteiger partial charge in [0.05, 0.1) is 18.3 Å². The molecule has 0 aromatic heterocycles. The molecule has 0 saturated carbocycles. The lowest BCUT2D eigenvalue weighted by Gasteiger charge is -2.24. The van der Waals surface area contributed by atoms with Gasteiger partial charge in [0.15, 0.2) is 0 Å². The first kappa shape index (κ1) is 9.82. The zero-order valence-corrected chi connectivity index (χ0v) is 10.2. The van der Waals surface area contributed by atoms with Gasteiger partial charge in [-0.05, 0) is 24.6 Å². The molecule has 2 heterocycles. The first-order valence-corrected chi connectivity index (χ1v) is 6.01. The second-order valence-corrected chi connectivity index (χ2v) is 5.42. The average molecular weight is 269 g/mol. The molecule has 3 atom stereocenters. The van der Waals surface area contributed by atoms with Crippen LogP contribution in [0.3, 0.4) is 0 Å². The summed E-state index contributed by atoms with van der Waals surface area (Å²) in [4.78, 5) is 0. The van der Waals surface area contributed by atoms with Crippen LogP contribution in [-0.2, 0) is 9.47 Å². The summed E-state index contributed by atoms with van der Waals surface area (Å²) in [6.07, 6.45) is 1.49. The lowest BCUT2D eigenvalue weighted by atomic mass is 9.93. The van der Waals surface area contributed by atoms with E-state index in [1.54, 1.807) is 0 Å². The Balaban J connectivity index is 1.82. The van der Waals surface area contributed by atoms with Crippen molar-refractivity contribution in [3.63, 3.8) is 0 Å². The van der Waals surface area contributed by atoms with Crippen LogP contribution in [0.4, 0.5) is 0 Å². The van der Waals surface area contributed by atoms with Gasteiger partial charge in [-0.2, -0.15) is 0 Å². The molecule has 2 saturated heterocycles. The molecule has 0 amide bonds. The Morgan fingerprint density at radius 2 is 2.33 bits per heavy atom. The molecule has 1 aromatic carbocycles. The summed E-state index contributed by atoms with van der Waals surface area (Å²) in [5.74, 6) is 0. The van der Waals surface area contributed by atoms with E-state index in [1.807, 2.05) is 12.1 Å². The number of benzene rings is 1. The van der Waals surface area contributed by atoms with Gasteiger partial charge in [0.25, 0.3) is 0 Å². The van der Waals surface area contributed by atoms with Crippen molar-refractivity contribution in [2.75, 3.05) is 6.61 Å². The molecule has 2 fully saturated rings. The minimum Gasteiger partial charge on any atom is -0.371 e. The zero-order valence-electron chi connectivity index (χ0n) is 8.57. The Labute approximate surface area is 97.7 Å². The van der Waals surface area contributed by atoms with E-state index in [0.29, 0.717) is 6.10 Å². The van der Waals surface area contributed by atoms with Crippen molar-refractivity contribution in [1.29, 1.82) is 0 Å². The van der Waals surface area contributed by atoms with Gasteiger partial charge in [0.1, 0.15) is 6.10 Å². The maximum atomic E-state index is 5.79. The highest BCUT2D eigenvalue weighted by molar-refractivity contribution is 9.10. The number of rotatable bonds is 1. The number of epoxide rings is 1. The third-order valence-electron chi connectivity index (χ3n) is 3.30. The van der Waals surface area contributed by atoms with Crippen LogP contribution in [0.15, 0.2) is 28.7 Å². The van der Waals surface area contributed by atoms with Crippen molar-refractivity contribution in [2.24, 2.45) is 0 Å². The molecule has 2 aliphatic rings. The molecule has 3 unspecified atom stereocenters. The number of hydrogen-bond acceptors (Lipinski definition) is 2. The van der Waals surface area contributed by atoms with Crippen molar-refractivity contribution in [3.8, 4) is 0 Å². The SMILES string of the molecule is CC12CC(c3cccc(Br)c3)OCC1O2. The summed E-state index contributed by atoms with van der Waals surface area (Å²) < 4.78 is 12.5. The van der Waals surface area contributed by atoms with Crippen LogP contribution in [0, 0.1) is 0 Å². The van der Waals surface area contributed by atoms with Crippen LogP contribution in [0.5, 0.6) is 0 Å².